The fraction of sp³-hybridized carbons (Fsp3) is 0.440. The summed E-state index contributed by atoms with van der Waals surface area (Å²) in [6, 6.07) is 10.3. The van der Waals surface area contributed by atoms with Crippen LogP contribution < -0.4 is 9.62 Å². The van der Waals surface area contributed by atoms with Gasteiger partial charge in [-0.05, 0) is 57.4 Å². The van der Waals surface area contributed by atoms with E-state index in [1.165, 1.54) is 23.1 Å². The molecule has 0 radical (unpaired) electrons. The first-order chi connectivity index (χ1) is 15.8. The smallest absolute Gasteiger partial charge is 0.244 e. The molecule has 0 aliphatic carbocycles. The predicted octanol–water partition coefficient (Wildman–Crippen LogP) is 3.54. The van der Waals surface area contributed by atoms with Crippen molar-refractivity contribution in [2.75, 3.05) is 17.1 Å². The molecular weight excluding hydrogens is 457 g/mol. The normalized spacial score (nSPS) is 13.1. The van der Waals surface area contributed by atoms with Crippen molar-refractivity contribution in [3.63, 3.8) is 0 Å². The summed E-state index contributed by atoms with van der Waals surface area (Å²) in [6.45, 7) is 8.22. The number of sulfonamides is 1. The second-order valence-corrected chi connectivity index (χ2v) is 10.6. The maximum absolute atomic E-state index is 14.4. The van der Waals surface area contributed by atoms with Gasteiger partial charge in [0.15, 0.2) is 0 Å². The number of carbonyl (C=O) groups is 2. The van der Waals surface area contributed by atoms with E-state index in [4.69, 9.17) is 0 Å². The van der Waals surface area contributed by atoms with Crippen LogP contribution in [-0.4, -0.2) is 50.0 Å². The van der Waals surface area contributed by atoms with Crippen molar-refractivity contribution >= 4 is 27.5 Å². The van der Waals surface area contributed by atoms with Gasteiger partial charge < -0.3 is 10.2 Å². The van der Waals surface area contributed by atoms with Gasteiger partial charge in [-0.25, -0.2) is 12.8 Å². The lowest BCUT2D eigenvalue weighted by Gasteiger charge is -2.32. The van der Waals surface area contributed by atoms with Crippen molar-refractivity contribution in [1.82, 2.24) is 10.2 Å². The maximum Gasteiger partial charge on any atom is 0.244 e. The number of nitrogens with one attached hydrogen (secondary N) is 1. The third-order valence-electron chi connectivity index (χ3n) is 5.78. The Kier molecular flexibility index (Phi) is 9.21. The number of hydrogen-bond donors (Lipinski definition) is 1. The average Bonchev–Trinajstić information content (AvgIpc) is 2.77. The highest BCUT2D eigenvalue weighted by atomic mass is 32.2. The molecule has 0 saturated heterocycles. The molecule has 186 valence electrons. The van der Waals surface area contributed by atoms with Crippen molar-refractivity contribution in [3.8, 4) is 0 Å². The van der Waals surface area contributed by atoms with Crippen LogP contribution in [0.5, 0.6) is 0 Å². The Morgan fingerprint density at radius 1 is 1.09 bits per heavy atom. The summed E-state index contributed by atoms with van der Waals surface area (Å²) in [5.74, 6) is -1.51. The number of amides is 2. The molecule has 0 aliphatic heterocycles. The quantitative estimate of drug-likeness (QED) is 0.551. The number of carbonyl (C=O) groups excluding carboxylic acids is 2. The van der Waals surface area contributed by atoms with Gasteiger partial charge in [0, 0.05) is 18.2 Å². The van der Waals surface area contributed by atoms with Gasteiger partial charge in [0.25, 0.3) is 0 Å². The van der Waals surface area contributed by atoms with E-state index in [1.54, 1.807) is 32.0 Å². The van der Waals surface area contributed by atoms with Crippen LogP contribution in [0.1, 0.15) is 43.9 Å². The topological polar surface area (TPSA) is 86.8 Å². The monoisotopic (exact) mass is 491 g/mol. The van der Waals surface area contributed by atoms with Crippen LogP contribution in [0.2, 0.25) is 0 Å². The number of nitrogens with zero attached hydrogens (tertiary/aromatic N) is 2. The van der Waals surface area contributed by atoms with Crippen LogP contribution in [0.3, 0.4) is 0 Å². The predicted molar refractivity (Wildman–Crippen MR) is 132 cm³/mol. The Bertz CT molecular complexity index is 1140. The lowest BCUT2D eigenvalue weighted by Crippen LogP contribution is -2.52. The van der Waals surface area contributed by atoms with Gasteiger partial charge in [0.05, 0.1) is 11.9 Å². The lowest BCUT2D eigenvalue weighted by atomic mass is 10.1. The number of halogens is 1. The molecule has 0 saturated carbocycles. The Morgan fingerprint density at radius 2 is 1.74 bits per heavy atom. The zero-order chi connectivity index (χ0) is 25.6. The highest BCUT2D eigenvalue weighted by Gasteiger charge is 2.31. The zero-order valence-electron chi connectivity index (χ0n) is 20.6. The minimum absolute atomic E-state index is 0.108. The summed E-state index contributed by atoms with van der Waals surface area (Å²) in [7, 11) is -3.82. The SMILES string of the molecule is CCC(C)NC(=O)C(C)N(Cc1ccccc1F)C(=O)CN(c1cc(C)ccc1C)S(C)(=O)=O. The molecule has 2 unspecified atom stereocenters. The summed E-state index contributed by atoms with van der Waals surface area (Å²) in [6.07, 6.45) is 1.73. The first kappa shape index (κ1) is 27.3. The van der Waals surface area contributed by atoms with Gasteiger partial charge in [-0.1, -0.05) is 37.3 Å². The second kappa shape index (κ2) is 11.5. The summed E-state index contributed by atoms with van der Waals surface area (Å²) in [5.41, 5.74) is 2.15. The van der Waals surface area contributed by atoms with E-state index >= 15 is 0 Å². The van der Waals surface area contributed by atoms with E-state index in [0.717, 1.165) is 16.1 Å². The molecule has 2 rings (SSSR count). The first-order valence-electron chi connectivity index (χ1n) is 11.2. The van der Waals surface area contributed by atoms with Gasteiger partial charge in [-0.2, -0.15) is 0 Å². The summed E-state index contributed by atoms with van der Waals surface area (Å²) < 4.78 is 40.8. The van der Waals surface area contributed by atoms with Crippen molar-refractivity contribution in [2.24, 2.45) is 0 Å². The third kappa shape index (κ3) is 7.03. The van der Waals surface area contributed by atoms with Gasteiger partial charge in [0.2, 0.25) is 21.8 Å². The Morgan fingerprint density at radius 3 is 2.32 bits per heavy atom. The molecule has 7 nitrogen and oxygen atoms in total. The van der Waals surface area contributed by atoms with Gasteiger partial charge in [-0.3, -0.25) is 13.9 Å². The molecule has 0 aromatic heterocycles. The van der Waals surface area contributed by atoms with Crippen LogP contribution in [0, 0.1) is 19.7 Å². The van der Waals surface area contributed by atoms with Gasteiger partial charge in [-0.15, -0.1) is 0 Å². The number of benzene rings is 2. The standard InChI is InChI=1S/C25H34FN3O4S/c1-7-19(4)27-25(31)20(5)28(15-21-10-8-9-11-22(21)26)24(30)16-29(34(6,32)33)23-14-17(2)12-13-18(23)3/h8-14,19-20H,7,15-16H2,1-6H3,(H,27,31). The largest absolute Gasteiger partial charge is 0.352 e. The molecule has 2 aromatic rings. The van der Waals surface area contributed by atoms with E-state index < -0.39 is 40.2 Å². The van der Waals surface area contributed by atoms with Crippen LogP contribution in [0.4, 0.5) is 10.1 Å². The second-order valence-electron chi connectivity index (χ2n) is 8.67. The molecule has 1 N–H and O–H groups in total. The van der Waals surface area contributed by atoms with E-state index in [0.29, 0.717) is 17.7 Å². The fourth-order valence-corrected chi connectivity index (χ4v) is 4.34. The van der Waals surface area contributed by atoms with Crippen LogP contribution in [0.15, 0.2) is 42.5 Å². The average molecular weight is 492 g/mol. The maximum atomic E-state index is 14.4. The molecule has 0 aliphatic rings. The molecular formula is C25H34FN3O4S. The minimum atomic E-state index is -3.82. The number of rotatable bonds is 10. The molecule has 0 heterocycles. The zero-order valence-corrected chi connectivity index (χ0v) is 21.4. The van der Waals surface area contributed by atoms with Crippen molar-refractivity contribution in [1.29, 1.82) is 0 Å². The Balaban J connectivity index is 2.45. The van der Waals surface area contributed by atoms with Crippen molar-refractivity contribution in [2.45, 2.75) is 59.7 Å². The molecule has 34 heavy (non-hydrogen) atoms. The Labute approximate surface area is 202 Å². The third-order valence-corrected chi connectivity index (χ3v) is 6.91. The molecule has 2 aromatic carbocycles. The molecule has 0 fully saturated rings. The van der Waals surface area contributed by atoms with E-state index in [-0.39, 0.29) is 18.2 Å². The molecule has 0 bridgehead atoms. The van der Waals surface area contributed by atoms with Crippen LogP contribution >= 0.6 is 0 Å². The van der Waals surface area contributed by atoms with Gasteiger partial charge >= 0.3 is 0 Å². The lowest BCUT2D eigenvalue weighted by molar-refractivity contribution is -0.139. The highest BCUT2D eigenvalue weighted by Crippen LogP contribution is 2.24. The van der Waals surface area contributed by atoms with Crippen LogP contribution in [-0.2, 0) is 26.2 Å². The fourth-order valence-electron chi connectivity index (χ4n) is 3.44. The van der Waals surface area contributed by atoms with Crippen molar-refractivity contribution in [3.05, 3.63) is 65.0 Å². The number of anilines is 1. The first-order valence-corrected chi connectivity index (χ1v) is 13.1. The number of aryl methyl sites for hydroxylation is 2. The Hall–Kier alpha value is -2.94. The van der Waals surface area contributed by atoms with Gasteiger partial charge in [0.1, 0.15) is 18.4 Å². The summed E-state index contributed by atoms with van der Waals surface area (Å²) in [4.78, 5) is 27.6. The summed E-state index contributed by atoms with van der Waals surface area (Å²) in [5, 5.41) is 2.84. The number of hydrogen-bond acceptors (Lipinski definition) is 4. The highest BCUT2D eigenvalue weighted by molar-refractivity contribution is 7.92. The van der Waals surface area contributed by atoms with E-state index in [2.05, 4.69) is 5.32 Å². The molecule has 2 amide bonds. The molecule has 0 spiro atoms. The summed E-state index contributed by atoms with van der Waals surface area (Å²) >= 11 is 0. The van der Waals surface area contributed by atoms with Crippen molar-refractivity contribution < 1.29 is 22.4 Å². The minimum Gasteiger partial charge on any atom is -0.352 e. The van der Waals surface area contributed by atoms with E-state index in [9.17, 15) is 22.4 Å². The molecule has 9 heteroatoms. The van der Waals surface area contributed by atoms with E-state index in [1.807, 2.05) is 26.8 Å². The molecule has 2 atom stereocenters. The van der Waals surface area contributed by atoms with Crippen LogP contribution in [0.25, 0.3) is 0 Å².